The lowest BCUT2D eigenvalue weighted by Crippen LogP contribution is -2.45. The van der Waals surface area contributed by atoms with E-state index in [0.717, 1.165) is 0 Å². The molecule has 1 heterocycles. The maximum Gasteiger partial charge on any atom is 0.434 e. The summed E-state index contributed by atoms with van der Waals surface area (Å²) >= 11 is 5.12. The van der Waals surface area contributed by atoms with Crippen LogP contribution in [0.3, 0.4) is 0 Å². The third-order valence-electron chi connectivity index (χ3n) is 5.02. The highest BCUT2D eigenvalue weighted by atomic mass is 79.9. The SMILES string of the molecule is CCCn1c(N(c2cc(C(F)(F)F)cc(C(F)(F)F)c2Br)C(OCC)C(=O)OCC)nc(C(F)(F)F)c(Br)c1=O. The van der Waals surface area contributed by atoms with Crippen LogP contribution >= 0.6 is 31.9 Å². The number of aromatic nitrogens is 2. The lowest BCUT2D eigenvalue weighted by atomic mass is 10.1. The molecular weight excluding hydrogens is 701 g/mol. The zero-order valence-corrected chi connectivity index (χ0v) is 23.9. The van der Waals surface area contributed by atoms with Gasteiger partial charge in [-0.1, -0.05) is 6.92 Å². The quantitative estimate of drug-likeness (QED) is 0.154. The van der Waals surface area contributed by atoms with Crippen molar-refractivity contribution in [3.63, 3.8) is 0 Å². The lowest BCUT2D eigenvalue weighted by Gasteiger charge is -2.34. The predicted molar refractivity (Wildman–Crippen MR) is 130 cm³/mol. The second kappa shape index (κ2) is 12.7. The van der Waals surface area contributed by atoms with Crippen LogP contribution in [0.1, 0.15) is 44.0 Å². The molecule has 2 aromatic rings. The van der Waals surface area contributed by atoms with Crippen molar-refractivity contribution in [2.75, 3.05) is 18.1 Å². The topological polar surface area (TPSA) is 73.7 Å². The Labute approximate surface area is 237 Å². The van der Waals surface area contributed by atoms with E-state index in [9.17, 15) is 49.1 Å². The van der Waals surface area contributed by atoms with E-state index in [2.05, 4.69) is 36.8 Å². The molecule has 0 spiro atoms. The lowest BCUT2D eigenvalue weighted by molar-refractivity contribution is -0.155. The second-order valence-corrected chi connectivity index (χ2v) is 9.40. The minimum absolute atomic E-state index is 0.0521. The summed E-state index contributed by atoms with van der Waals surface area (Å²) in [6.45, 7) is 2.93. The van der Waals surface area contributed by atoms with Gasteiger partial charge in [0.1, 0.15) is 4.47 Å². The molecule has 1 atom stereocenters. The summed E-state index contributed by atoms with van der Waals surface area (Å²) in [5.74, 6) is -2.52. The second-order valence-electron chi connectivity index (χ2n) is 7.81. The summed E-state index contributed by atoms with van der Waals surface area (Å²) in [6.07, 6.45) is -18.3. The number of alkyl halides is 9. The van der Waals surface area contributed by atoms with Crippen molar-refractivity contribution in [2.45, 2.75) is 58.5 Å². The Bertz CT molecular complexity index is 1290. The molecule has 224 valence electrons. The van der Waals surface area contributed by atoms with Crippen LogP contribution in [0.15, 0.2) is 25.9 Å². The Balaban J connectivity index is 3.24. The number of ether oxygens (including phenoxy) is 2. The summed E-state index contributed by atoms with van der Waals surface area (Å²) in [5, 5.41) is 0. The van der Waals surface area contributed by atoms with E-state index in [0.29, 0.717) is 4.57 Å². The van der Waals surface area contributed by atoms with Crippen molar-refractivity contribution >= 4 is 49.5 Å². The smallest absolute Gasteiger partial charge is 0.434 e. The van der Waals surface area contributed by atoms with Gasteiger partial charge in [0.15, 0.2) is 5.69 Å². The van der Waals surface area contributed by atoms with E-state index in [4.69, 9.17) is 9.47 Å². The summed E-state index contributed by atoms with van der Waals surface area (Å²) in [4.78, 5) is 29.6. The normalized spacial score (nSPS) is 13.3. The Hall–Kier alpha value is -2.34. The highest BCUT2D eigenvalue weighted by Gasteiger charge is 2.44. The van der Waals surface area contributed by atoms with Crippen molar-refractivity contribution < 1.29 is 53.8 Å². The van der Waals surface area contributed by atoms with Gasteiger partial charge >= 0.3 is 24.5 Å². The van der Waals surface area contributed by atoms with Crippen LogP contribution in [0.25, 0.3) is 0 Å². The zero-order valence-electron chi connectivity index (χ0n) is 20.7. The predicted octanol–water partition coefficient (Wildman–Crippen LogP) is 7.30. The van der Waals surface area contributed by atoms with Gasteiger partial charge in [-0.15, -0.1) is 0 Å². The number of hydrogen-bond donors (Lipinski definition) is 0. The Kier molecular flexibility index (Phi) is 10.7. The van der Waals surface area contributed by atoms with Crippen molar-refractivity contribution in [1.29, 1.82) is 0 Å². The van der Waals surface area contributed by atoms with Crippen LogP contribution in [0.4, 0.5) is 51.1 Å². The summed E-state index contributed by atoms with van der Waals surface area (Å²) < 4.78 is 133. The van der Waals surface area contributed by atoms with Gasteiger partial charge in [0.2, 0.25) is 12.2 Å². The van der Waals surface area contributed by atoms with Crippen molar-refractivity contribution in [3.05, 3.63) is 48.3 Å². The molecule has 0 N–H and O–H groups in total. The average molecular weight is 721 g/mol. The molecule has 0 amide bonds. The van der Waals surface area contributed by atoms with Gasteiger partial charge in [-0.2, -0.15) is 39.5 Å². The number of nitrogens with zero attached hydrogens (tertiary/aromatic N) is 3. The molecule has 0 aliphatic heterocycles. The van der Waals surface area contributed by atoms with Gasteiger partial charge in [-0.3, -0.25) is 14.3 Å². The van der Waals surface area contributed by atoms with E-state index in [1.807, 2.05) is 0 Å². The van der Waals surface area contributed by atoms with Gasteiger partial charge in [0.25, 0.3) is 5.56 Å². The third-order valence-corrected chi connectivity index (χ3v) is 6.57. The monoisotopic (exact) mass is 719 g/mol. The molecule has 0 aliphatic carbocycles. The minimum atomic E-state index is -5.40. The molecule has 1 aromatic carbocycles. The minimum Gasteiger partial charge on any atom is -0.463 e. The molecule has 2 rings (SSSR count). The third kappa shape index (κ3) is 7.29. The first-order valence-electron chi connectivity index (χ1n) is 11.2. The van der Waals surface area contributed by atoms with Crippen LogP contribution in [-0.2, 0) is 39.3 Å². The molecule has 1 aromatic heterocycles. The molecule has 7 nitrogen and oxygen atoms in total. The molecule has 0 radical (unpaired) electrons. The number of carbonyl (C=O) groups is 1. The van der Waals surface area contributed by atoms with Crippen LogP contribution < -0.4 is 10.5 Å². The number of benzene rings is 1. The first-order chi connectivity index (χ1) is 18.3. The van der Waals surface area contributed by atoms with E-state index in [1.165, 1.54) is 20.8 Å². The molecule has 1 unspecified atom stereocenters. The Morgan fingerprint density at radius 2 is 1.55 bits per heavy atom. The maximum absolute atomic E-state index is 13.9. The summed E-state index contributed by atoms with van der Waals surface area (Å²) in [5.41, 5.74) is -8.08. The summed E-state index contributed by atoms with van der Waals surface area (Å²) in [6, 6.07) is -0.0661. The first kappa shape index (κ1) is 33.9. The van der Waals surface area contributed by atoms with Crippen molar-refractivity contribution in [1.82, 2.24) is 9.55 Å². The number of carbonyl (C=O) groups excluding carboxylic acids is 1. The zero-order chi connectivity index (χ0) is 30.8. The molecule has 0 fully saturated rings. The van der Waals surface area contributed by atoms with E-state index >= 15 is 0 Å². The van der Waals surface area contributed by atoms with Crippen LogP contribution in [-0.4, -0.2) is 35.0 Å². The standard InChI is InChI=1S/C22H20Br2F9N3O4/c1-4-7-35-16(37)14(24)15(22(31,32)33)34-19(35)36(17(39-5-2)18(38)40-6-3)12-9-10(20(25,26)27)8-11(13(12)23)21(28,29)30/h8-9,17H,4-7H2,1-3H3. The van der Waals surface area contributed by atoms with Gasteiger partial charge in [-0.25, -0.2) is 9.78 Å². The molecule has 0 saturated carbocycles. The van der Waals surface area contributed by atoms with Gasteiger partial charge in [0, 0.05) is 13.2 Å². The maximum atomic E-state index is 13.9. The van der Waals surface area contributed by atoms with Gasteiger partial charge in [0.05, 0.1) is 27.9 Å². The Morgan fingerprint density at radius 3 is 2.00 bits per heavy atom. The average Bonchev–Trinajstić information content (AvgIpc) is 2.81. The Morgan fingerprint density at radius 1 is 0.950 bits per heavy atom. The first-order valence-corrected chi connectivity index (χ1v) is 12.8. The van der Waals surface area contributed by atoms with Crippen LogP contribution in [0.2, 0.25) is 0 Å². The molecule has 18 heteroatoms. The highest BCUT2D eigenvalue weighted by molar-refractivity contribution is 9.11. The number of anilines is 2. The fourth-order valence-electron chi connectivity index (χ4n) is 3.43. The van der Waals surface area contributed by atoms with Crippen molar-refractivity contribution in [3.8, 4) is 0 Å². The van der Waals surface area contributed by atoms with E-state index in [-0.39, 0.29) is 30.1 Å². The van der Waals surface area contributed by atoms with Gasteiger partial charge in [-0.05, 0) is 64.3 Å². The number of hydrogen-bond acceptors (Lipinski definition) is 6. The molecule has 40 heavy (non-hydrogen) atoms. The number of rotatable bonds is 9. The van der Waals surface area contributed by atoms with E-state index < -0.39 is 86.8 Å². The molecule has 0 bridgehead atoms. The number of esters is 1. The highest BCUT2D eigenvalue weighted by Crippen LogP contribution is 2.46. The fourth-order valence-corrected chi connectivity index (χ4v) is 4.60. The largest absolute Gasteiger partial charge is 0.463 e. The molecule has 0 aliphatic rings. The van der Waals surface area contributed by atoms with Crippen LogP contribution in [0, 0.1) is 0 Å². The van der Waals surface area contributed by atoms with Crippen molar-refractivity contribution in [2.24, 2.45) is 0 Å². The van der Waals surface area contributed by atoms with Gasteiger partial charge < -0.3 is 9.47 Å². The molecule has 0 saturated heterocycles. The summed E-state index contributed by atoms with van der Waals surface area (Å²) in [7, 11) is 0. The van der Waals surface area contributed by atoms with Crippen LogP contribution in [0.5, 0.6) is 0 Å². The number of halogens is 11. The molecular formula is C22H20Br2F9N3O4. The van der Waals surface area contributed by atoms with E-state index in [1.54, 1.807) is 0 Å². The fraction of sp³-hybridized carbons (Fsp3) is 0.500.